The van der Waals surface area contributed by atoms with Crippen LogP contribution in [0.5, 0.6) is 5.88 Å². The summed E-state index contributed by atoms with van der Waals surface area (Å²) in [6.07, 6.45) is 1.41. The second-order valence-electron chi connectivity index (χ2n) is 4.62. The van der Waals surface area contributed by atoms with Gasteiger partial charge in [-0.1, -0.05) is 29.8 Å². The zero-order valence-corrected chi connectivity index (χ0v) is 13.1. The van der Waals surface area contributed by atoms with Gasteiger partial charge in [-0.15, -0.1) is 0 Å². The van der Waals surface area contributed by atoms with Crippen LogP contribution in [0.1, 0.15) is 22.8 Å². The lowest BCUT2D eigenvalue weighted by atomic mass is 10.1. The van der Waals surface area contributed by atoms with E-state index >= 15 is 0 Å². The molecule has 4 nitrogen and oxygen atoms in total. The van der Waals surface area contributed by atoms with Crippen LogP contribution in [-0.2, 0) is 6.54 Å². The van der Waals surface area contributed by atoms with Crippen LogP contribution in [0.25, 0.3) is 0 Å². The lowest BCUT2D eigenvalue weighted by molar-refractivity contribution is 0.0747. The SMILES string of the molecule is CCN(Cc1ccccc1F)C(=O)c1cc(Cl)cnc1OC. The molecule has 22 heavy (non-hydrogen) atoms. The van der Waals surface area contributed by atoms with E-state index in [4.69, 9.17) is 16.3 Å². The number of nitrogens with zero attached hydrogens (tertiary/aromatic N) is 2. The summed E-state index contributed by atoms with van der Waals surface area (Å²) < 4.78 is 18.9. The maximum absolute atomic E-state index is 13.8. The van der Waals surface area contributed by atoms with Gasteiger partial charge in [0.1, 0.15) is 11.4 Å². The molecule has 0 fully saturated rings. The van der Waals surface area contributed by atoms with Gasteiger partial charge in [0, 0.05) is 24.8 Å². The summed E-state index contributed by atoms with van der Waals surface area (Å²) in [5.41, 5.74) is 0.708. The van der Waals surface area contributed by atoms with Crippen LogP contribution in [0, 0.1) is 5.82 Å². The molecule has 0 spiro atoms. The molecular weight excluding hydrogens is 307 g/mol. The van der Waals surface area contributed by atoms with Gasteiger partial charge >= 0.3 is 0 Å². The number of ether oxygens (including phenoxy) is 1. The fourth-order valence-corrected chi connectivity index (χ4v) is 2.23. The first kappa shape index (κ1) is 16.2. The van der Waals surface area contributed by atoms with E-state index in [1.807, 2.05) is 6.92 Å². The van der Waals surface area contributed by atoms with Gasteiger partial charge in [0.15, 0.2) is 0 Å². The predicted octanol–water partition coefficient (Wildman–Crippen LogP) is 3.55. The van der Waals surface area contributed by atoms with E-state index in [0.29, 0.717) is 17.1 Å². The Hall–Kier alpha value is -2.14. The standard InChI is InChI=1S/C16H16ClFN2O2/c1-3-20(10-11-6-4-5-7-14(11)18)16(21)13-8-12(17)9-19-15(13)22-2/h4-9H,3,10H2,1-2H3. The van der Waals surface area contributed by atoms with E-state index in [1.165, 1.54) is 30.3 Å². The third-order valence-corrected chi connectivity index (χ3v) is 3.44. The maximum atomic E-state index is 13.8. The fraction of sp³-hybridized carbons (Fsp3) is 0.250. The minimum Gasteiger partial charge on any atom is -0.480 e. The molecule has 0 saturated heterocycles. The number of methoxy groups -OCH3 is 1. The van der Waals surface area contributed by atoms with Crippen molar-refractivity contribution in [2.75, 3.05) is 13.7 Å². The molecule has 0 radical (unpaired) electrons. The number of carbonyl (C=O) groups is 1. The van der Waals surface area contributed by atoms with Crippen molar-refractivity contribution in [3.05, 3.63) is 58.5 Å². The van der Waals surface area contributed by atoms with E-state index in [-0.39, 0.29) is 29.7 Å². The van der Waals surface area contributed by atoms with Crippen molar-refractivity contribution in [1.82, 2.24) is 9.88 Å². The molecule has 6 heteroatoms. The van der Waals surface area contributed by atoms with Crippen molar-refractivity contribution in [3.8, 4) is 5.88 Å². The lowest BCUT2D eigenvalue weighted by Crippen LogP contribution is -2.31. The summed E-state index contributed by atoms with van der Waals surface area (Å²) in [6, 6.07) is 7.87. The molecule has 0 bridgehead atoms. The first-order valence-corrected chi connectivity index (χ1v) is 7.16. The first-order chi connectivity index (χ1) is 10.6. The number of amides is 1. The average molecular weight is 323 g/mol. The highest BCUT2D eigenvalue weighted by atomic mass is 35.5. The summed E-state index contributed by atoms with van der Waals surface area (Å²) in [4.78, 5) is 18.1. The Morgan fingerprint density at radius 3 is 2.77 bits per heavy atom. The van der Waals surface area contributed by atoms with Crippen molar-refractivity contribution in [3.63, 3.8) is 0 Å². The van der Waals surface area contributed by atoms with Gasteiger partial charge in [-0.25, -0.2) is 9.37 Å². The highest BCUT2D eigenvalue weighted by Gasteiger charge is 2.21. The number of halogens is 2. The predicted molar refractivity (Wildman–Crippen MR) is 82.6 cm³/mol. The van der Waals surface area contributed by atoms with Crippen LogP contribution >= 0.6 is 11.6 Å². The molecule has 1 aromatic heterocycles. The summed E-state index contributed by atoms with van der Waals surface area (Å²) in [6.45, 7) is 2.41. The minimum atomic E-state index is -0.343. The van der Waals surface area contributed by atoms with Crippen LogP contribution in [0.15, 0.2) is 36.5 Å². The van der Waals surface area contributed by atoms with Gasteiger partial charge in [0.2, 0.25) is 5.88 Å². The second kappa shape index (κ2) is 7.22. The van der Waals surface area contributed by atoms with Gasteiger partial charge in [0.25, 0.3) is 5.91 Å². The molecule has 1 amide bonds. The highest BCUT2D eigenvalue weighted by Crippen LogP contribution is 2.22. The molecular formula is C16H16ClFN2O2. The van der Waals surface area contributed by atoms with Crippen LogP contribution in [-0.4, -0.2) is 29.4 Å². The molecule has 0 aliphatic rings. The van der Waals surface area contributed by atoms with Crippen LogP contribution < -0.4 is 4.74 Å². The Morgan fingerprint density at radius 2 is 2.14 bits per heavy atom. The number of aromatic nitrogens is 1. The lowest BCUT2D eigenvalue weighted by Gasteiger charge is -2.22. The van der Waals surface area contributed by atoms with E-state index < -0.39 is 0 Å². The summed E-state index contributed by atoms with van der Waals surface area (Å²) in [5, 5.41) is 0.339. The van der Waals surface area contributed by atoms with E-state index in [2.05, 4.69) is 4.98 Å². The molecule has 1 heterocycles. The Kier molecular flexibility index (Phi) is 5.33. The number of rotatable bonds is 5. The average Bonchev–Trinajstić information content (AvgIpc) is 2.53. The maximum Gasteiger partial charge on any atom is 0.259 e. The summed E-state index contributed by atoms with van der Waals surface area (Å²) >= 11 is 5.90. The Labute approximate surface area is 133 Å². The normalized spacial score (nSPS) is 10.4. The third-order valence-electron chi connectivity index (χ3n) is 3.23. The van der Waals surface area contributed by atoms with E-state index in [9.17, 15) is 9.18 Å². The topological polar surface area (TPSA) is 42.4 Å². The zero-order valence-electron chi connectivity index (χ0n) is 12.3. The molecule has 0 aliphatic carbocycles. The van der Waals surface area contributed by atoms with Crippen molar-refractivity contribution < 1.29 is 13.9 Å². The second-order valence-corrected chi connectivity index (χ2v) is 5.06. The van der Waals surface area contributed by atoms with Crippen LogP contribution in [0.3, 0.4) is 0 Å². The fourth-order valence-electron chi connectivity index (χ4n) is 2.07. The first-order valence-electron chi connectivity index (χ1n) is 6.79. The quantitative estimate of drug-likeness (QED) is 0.845. The molecule has 0 atom stereocenters. The minimum absolute atomic E-state index is 0.164. The van der Waals surface area contributed by atoms with Crippen molar-refractivity contribution in [2.45, 2.75) is 13.5 Å². The molecule has 0 unspecified atom stereocenters. The molecule has 0 aliphatic heterocycles. The highest BCUT2D eigenvalue weighted by molar-refractivity contribution is 6.30. The Morgan fingerprint density at radius 1 is 1.41 bits per heavy atom. The molecule has 2 rings (SSSR count). The molecule has 0 N–H and O–H groups in total. The zero-order chi connectivity index (χ0) is 16.1. The monoisotopic (exact) mass is 322 g/mol. The number of hydrogen-bond donors (Lipinski definition) is 0. The van der Waals surface area contributed by atoms with Crippen LogP contribution in [0.4, 0.5) is 4.39 Å². The van der Waals surface area contributed by atoms with Crippen molar-refractivity contribution >= 4 is 17.5 Å². The van der Waals surface area contributed by atoms with Gasteiger partial charge in [-0.2, -0.15) is 0 Å². The molecule has 0 saturated carbocycles. The third kappa shape index (κ3) is 3.54. The van der Waals surface area contributed by atoms with Gasteiger partial charge in [0.05, 0.1) is 12.1 Å². The summed E-state index contributed by atoms with van der Waals surface area (Å²) in [5.74, 6) is -0.455. The van der Waals surface area contributed by atoms with Gasteiger partial charge in [-0.3, -0.25) is 4.79 Å². The van der Waals surface area contributed by atoms with Gasteiger partial charge in [-0.05, 0) is 19.1 Å². The molecule has 1 aromatic carbocycles. The number of carbonyl (C=O) groups excluding carboxylic acids is 1. The largest absolute Gasteiger partial charge is 0.480 e. The van der Waals surface area contributed by atoms with Gasteiger partial charge < -0.3 is 9.64 Å². The van der Waals surface area contributed by atoms with Crippen molar-refractivity contribution in [1.29, 1.82) is 0 Å². The summed E-state index contributed by atoms with van der Waals surface area (Å²) in [7, 11) is 1.43. The van der Waals surface area contributed by atoms with Crippen LogP contribution in [0.2, 0.25) is 5.02 Å². The number of pyridine rings is 1. The molecule has 2 aromatic rings. The van der Waals surface area contributed by atoms with Crippen molar-refractivity contribution in [2.24, 2.45) is 0 Å². The Bertz CT molecular complexity index is 679. The number of hydrogen-bond acceptors (Lipinski definition) is 3. The number of benzene rings is 1. The smallest absolute Gasteiger partial charge is 0.259 e. The van der Waals surface area contributed by atoms with E-state index in [1.54, 1.807) is 18.2 Å². The van der Waals surface area contributed by atoms with E-state index in [0.717, 1.165) is 0 Å². The Balaban J connectivity index is 2.30. The molecule has 116 valence electrons.